The monoisotopic (exact) mass is 467 g/mol. The molecule has 28 heavy (non-hydrogen) atoms. The van der Waals surface area contributed by atoms with Crippen LogP contribution in [0.3, 0.4) is 0 Å². The van der Waals surface area contributed by atoms with Crippen LogP contribution in [-0.4, -0.2) is 25.5 Å². The summed E-state index contributed by atoms with van der Waals surface area (Å²) in [5.74, 6) is -0.167. The number of aryl methyl sites for hydroxylation is 2. The van der Waals surface area contributed by atoms with E-state index in [1.807, 2.05) is 20.8 Å². The number of benzene rings is 1. The third-order valence-electron chi connectivity index (χ3n) is 4.55. The van der Waals surface area contributed by atoms with Crippen LogP contribution in [0.25, 0.3) is 0 Å². The van der Waals surface area contributed by atoms with Crippen LogP contribution >= 0.6 is 27.5 Å². The number of aromatic nitrogens is 4. The molecule has 0 spiro atoms. The Bertz CT molecular complexity index is 1050. The Labute approximate surface area is 175 Å². The molecular weight excluding hydrogens is 449 g/mol. The molecule has 0 fully saturated rings. The fourth-order valence-electron chi connectivity index (χ4n) is 2.90. The maximum atomic E-state index is 13.2. The summed E-state index contributed by atoms with van der Waals surface area (Å²) in [7, 11) is 0. The molecule has 1 amide bonds. The molecule has 6 nitrogen and oxygen atoms in total. The summed E-state index contributed by atoms with van der Waals surface area (Å²) in [5.41, 5.74) is 3.30. The number of hydrogen-bond donors (Lipinski definition) is 1. The Hall–Kier alpha value is -2.19. The smallest absolute Gasteiger partial charge is 0.250 e. The Morgan fingerprint density at radius 1 is 1.29 bits per heavy atom. The third kappa shape index (κ3) is 4.12. The van der Waals surface area contributed by atoms with E-state index in [1.165, 1.54) is 12.1 Å². The molecule has 0 radical (unpaired) electrons. The molecule has 0 aliphatic rings. The quantitative estimate of drug-likeness (QED) is 0.584. The summed E-state index contributed by atoms with van der Waals surface area (Å²) >= 11 is 9.57. The number of carbonyl (C=O) groups excluding carboxylic acids is 1. The number of nitrogens with zero attached hydrogens (tertiary/aromatic N) is 4. The highest BCUT2D eigenvalue weighted by molar-refractivity contribution is 9.10. The van der Waals surface area contributed by atoms with Crippen LogP contribution in [0.1, 0.15) is 35.6 Å². The number of hydrogen-bond acceptors (Lipinski definition) is 3. The van der Waals surface area contributed by atoms with Gasteiger partial charge in [0.25, 0.3) is 0 Å². The van der Waals surface area contributed by atoms with Crippen molar-refractivity contribution in [2.75, 3.05) is 5.32 Å². The minimum absolute atomic E-state index is 0.220. The Balaban J connectivity index is 1.75. The van der Waals surface area contributed by atoms with E-state index >= 15 is 0 Å². The van der Waals surface area contributed by atoms with Crippen LogP contribution in [0.4, 0.5) is 10.2 Å². The number of carbonyl (C=O) groups is 1. The van der Waals surface area contributed by atoms with Crippen LogP contribution in [0.2, 0.25) is 5.02 Å². The first kappa shape index (κ1) is 20.5. The SMILES string of the molecule is Cc1nn(C(C)C(=O)Nc2cc(C)n(Cc3ccc(F)cc3Cl)n2)c(C)c1Br. The lowest BCUT2D eigenvalue weighted by Gasteiger charge is -2.13. The maximum Gasteiger partial charge on any atom is 0.250 e. The topological polar surface area (TPSA) is 64.7 Å². The molecule has 2 heterocycles. The Morgan fingerprint density at radius 2 is 2.00 bits per heavy atom. The average molecular weight is 469 g/mol. The second-order valence-electron chi connectivity index (χ2n) is 6.66. The minimum atomic E-state index is -0.498. The van der Waals surface area contributed by atoms with E-state index in [4.69, 9.17) is 11.6 Å². The molecular formula is C19H20BrClFN5O. The molecule has 148 valence electrons. The van der Waals surface area contributed by atoms with Crippen molar-refractivity contribution in [1.29, 1.82) is 0 Å². The predicted octanol–water partition coefficient (Wildman–Crippen LogP) is 4.81. The lowest BCUT2D eigenvalue weighted by molar-refractivity contribution is -0.119. The van der Waals surface area contributed by atoms with Crippen molar-refractivity contribution in [2.45, 2.75) is 40.3 Å². The van der Waals surface area contributed by atoms with Gasteiger partial charge in [-0.2, -0.15) is 10.2 Å². The van der Waals surface area contributed by atoms with E-state index in [1.54, 1.807) is 28.4 Å². The van der Waals surface area contributed by atoms with Gasteiger partial charge in [0, 0.05) is 16.8 Å². The van der Waals surface area contributed by atoms with Crippen molar-refractivity contribution in [1.82, 2.24) is 19.6 Å². The number of amides is 1. The highest BCUT2D eigenvalue weighted by atomic mass is 79.9. The molecule has 3 aromatic rings. The van der Waals surface area contributed by atoms with Crippen LogP contribution in [0.5, 0.6) is 0 Å². The van der Waals surface area contributed by atoms with Crippen molar-refractivity contribution in [2.24, 2.45) is 0 Å². The van der Waals surface area contributed by atoms with E-state index in [0.29, 0.717) is 17.4 Å². The van der Waals surface area contributed by atoms with E-state index in [-0.39, 0.29) is 11.7 Å². The van der Waals surface area contributed by atoms with Gasteiger partial charge in [-0.25, -0.2) is 4.39 Å². The van der Waals surface area contributed by atoms with Crippen LogP contribution < -0.4 is 5.32 Å². The number of halogens is 3. The van der Waals surface area contributed by atoms with Gasteiger partial charge in [0.2, 0.25) is 5.91 Å². The second-order valence-corrected chi connectivity index (χ2v) is 7.86. The summed E-state index contributed by atoms with van der Waals surface area (Å²) in [4.78, 5) is 12.7. The molecule has 0 bridgehead atoms. The van der Waals surface area contributed by atoms with E-state index in [9.17, 15) is 9.18 Å². The van der Waals surface area contributed by atoms with Crippen LogP contribution in [0, 0.1) is 26.6 Å². The number of nitrogens with one attached hydrogen (secondary N) is 1. The molecule has 0 aliphatic carbocycles. The molecule has 1 N–H and O–H groups in total. The number of rotatable bonds is 5. The first-order valence-electron chi connectivity index (χ1n) is 8.67. The van der Waals surface area contributed by atoms with Gasteiger partial charge in [0.15, 0.2) is 5.82 Å². The fourth-order valence-corrected chi connectivity index (χ4v) is 3.39. The highest BCUT2D eigenvalue weighted by Gasteiger charge is 2.21. The largest absolute Gasteiger partial charge is 0.307 e. The average Bonchev–Trinajstić information content (AvgIpc) is 3.10. The lowest BCUT2D eigenvalue weighted by atomic mass is 10.2. The fraction of sp³-hybridized carbons (Fsp3) is 0.316. The van der Waals surface area contributed by atoms with E-state index in [2.05, 4.69) is 31.4 Å². The zero-order valence-corrected chi connectivity index (χ0v) is 18.3. The first-order chi connectivity index (χ1) is 13.2. The first-order valence-corrected chi connectivity index (χ1v) is 9.85. The Morgan fingerprint density at radius 3 is 2.61 bits per heavy atom. The summed E-state index contributed by atoms with van der Waals surface area (Å²) in [6.45, 7) is 7.81. The molecule has 2 aromatic heterocycles. The third-order valence-corrected chi connectivity index (χ3v) is 6.05. The van der Waals surface area contributed by atoms with Gasteiger partial charge in [-0.05, 0) is 61.3 Å². The van der Waals surface area contributed by atoms with Gasteiger partial charge in [-0.3, -0.25) is 14.2 Å². The minimum Gasteiger partial charge on any atom is -0.307 e. The van der Waals surface area contributed by atoms with Crippen molar-refractivity contribution >= 4 is 39.3 Å². The highest BCUT2D eigenvalue weighted by Crippen LogP contribution is 2.24. The van der Waals surface area contributed by atoms with Gasteiger partial charge in [-0.1, -0.05) is 17.7 Å². The Kier molecular flexibility index (Phi) is 5.90. The standard InChI is InChI=1S/C19H20BrClFN5O/c1-10-7-17(25-26(10)9-14-5-6-15(22)8-16(14)21)23-19(28)13(4)27-12(3)18(20)11(2)24-27/h5-8,13H,9H2,1-4H3,(H,23,25,28). The molecule has 1 atom stereocenters. The molecule has 0 saturated carbocycles. The van der Waals surface area contributed by atoms with Crippen molar-refractivity contribution < 1.29 is 9.18 Å². The van der Waals surface area contributed by atoms with Crippen LogP contribution in [-0.2, 0) is 11.3 Å². The van der Waals surface area contributed by atoms with Gasteiger partial charge in [-0.15, -0.1) is 0 Å². The van der Waals surface area contributed by atoms with Gasteiger partial charge >= 0.3 is 0 Å². The molecule has 0 saturated heterocycles. The van der Waals surface area contributed by atoms with Gasteiger partial charge in [0.1, 0.15) is 11.9 Å². The maximum absolute atomic E-state index is 13.2. The molecule has 0 aliphatic heterocycles. The molecule has 1 aromatic carbocycles. The molecule has 9 heteroatoms. The number of anilines is 1. The summed E-state index contributed by atoms with van der Waals surface area (Å²) < 4.78 is 17.5. The van der Waals surface area contributed by atoms with Gasteiger partial charge < -0.3 is 5.32 Å². The lowest BCUT2D eigenvalue weighted by Crippen LogP contribution is -2.25. The van der Waals surface area contributed by atoms with Gasteiger partial charge in [0.05, 0.1) is 22.4 Å². The summed E-state index contributed by atoms with van der Waals surface area (Å²) in [6.07, 6.45) is 0. The van der Waals surface area contributed by atoms with Crippen LogP contribution in [0.15, 0.2) is 28.7 Å². The van der Waals surface area contributed by atoms with Crippen molar-refractivity contribution in [3.8, 4) is 0 Å². The van der Waals surface area contributed by atoms with E-state index < -0.39 is 6.04 Å². The van der Waals surface area contributed by atoms with Crippen molar-refractivity contribution in [3.63, 3.8) is 0 Å². The summed E-state index contributed by atoms with van der Waals surface area (Å²) in [6, 6.07) is 5.53. The molecule has 3 rings (SSSR count). The summed E-state index contributed by atoms with van der Waals surface area (Å²) in [5, 5.41) is 12.0. The second kappa shape index (κ2) is 8.05. The zero-order valence-electron chi connectivity index (χ0n) is 15.9. The van der Waals surface area contributed by atoms with Crippen molar-refractivity contribution in [3.05, 3.63) is 62.2 Å². The zero-order chi connectivity index (χ0) is 20.6. The van der Waals surface area contributed by atoms with E-state index in [0.717, 1.165) is 27.1 Å². The molecule has 1 unspecified atom stereocenters. The normalized spacial score (nSPS) is 12.2. The predicted molar refractivity (Wildman–Crippen MR) is 110 cm³/mol.